The summed E-state index contributed by atoms with van der Waals surface area (Å²) in [7, 11) is 0. The normalized spacial score (nSPS) is 11.9. The number of hydrogen-bond acceptors (Lipinski definition) is 5. The van der Waals surface area contributed by atoms with Gasteiger partial charge in [0.25, 0.3) is 0 Å². The molecule has 0 amide bonds. The Morgan fingerprint density at radius 1 is 1.19 bits per heavy atom. The highest BCUT2D eigenvalue weighted by Crippen LogP contribution is 2.24. The van der Waals surface area contributed by atoms with Gasteiger partial charge in [0.1, 0.15) is 6.61 Å². The lowest BCUT2D eigenvalue weighted by molar-refractivity contribution is 0.300. The number of nitrogens with zero attached hydrogens (tertiary/aromatic N) is 3. The second kappa shape index (κ2) is 8.43. The molecular formula is C21H24N4O. The number of para-hydroxylation sites is 1. The van der Waals surface area contributed by atoms with E-state index in [0.717, 1.165) is 29.4 Å². The minimum Gasteiger partial charge on any atom is -0.482 e. The smallest absolute Gasteiger partial charge is 0.180 e. The number of pyridine rings is 1. The van der Waals surface area contributed by atoms with Crippen LogP contribution < -0.4 is 10.1 Å². The molecule has 0 saturated carbocycles. The molecule has 0 saturated heterocycles. The topological polar surface area (TPSA) is 59.9 Å². The van der Waals surface area contributed by atoms with E-state index in [0.29, 0.717) is 30.0 Å². The zero-order valence-corrected chi connectivity index (χ0v) is 15.3. The van der Waals surface area contributed by atoms with Crippen molar-refractivity contribution in [1.82, 2.24) is 15.0 Å². The van der Waals surface area contributed by atoms with E-state index in [9.17, 15) is 0 Å². The van der Waals surface area contributed by atoms with Crippen molar-refractivity contribution in [1.29, 1.82) is 0 Å². The summed E-state index contributed by atoms with van der Waals surface area (Å²) in [5.41, 5.74) is 1.82. The van der Waals surface area contributed by atoms with Crippen LogP contribution in [0.5, 0.6) is 5.75 Å². The molecule has 0 aliphatic heterocycles. The summed E-state index contributed by atoms with van der Waals surface area (Å²) in [5, 5.41) is 4.52. The van der Waals surface area contributed by atoms with Crippen LogP contribution in [-0.2, 0) is 6.61 Å². The van der Waals surface area contributed by atoms with Crippen molar-refractivity contribution >= 4 is 22.8 Å². The molecule has 134 valence electrons. The predicted molar refractivity (Wildman–Crippen MR) is 106 cm³/mol. The Morgan fingerprint density at radius 2 is 2.04 bits per heavy atom. The monoisotopic (exact) mass is 348 g/mol. The first-order chi connectivity index (χ1) is 12.7. The summed E-state index contributed by atoms with van der Waals surface area (Å²) in [6, 6.07) is 12.4. The van der Waals surface area contributed by atoms with E-state index in [1.54, 1.807) is 12.3 Å². The number of anilines is 1. The molecule has 0 fully saturated rings. The Hall–Kier alpha value is -2.95. The SMILES string of the molecule is C=Cc1ncc(OCc2ccc3ccccc3n2)c(NC(C)CCC)n1. The maximum atomic E-state index is 5.97. The van der Waals surface area contributed by atoms with Crippen molar-refractivity contribution in [2.45, 2.75) is 39.3 Å². The molecule has 0 aliphatic rings. The Labute approximate surface area is 154 Å². The van der Waals surface area contributed by atoms with Crippen LogP contribution in [0.4, 0.5) is 5.82 Å². The molecule has 0 bridgehead atoms. The first-order valence-electron chi connectivity index (χ1n) is 8.93. The molecule has 5 heteroatoms. The number of rotatable bonds is 8. The lowest BCUT2D eigenvalue weighted by Gasteiger charge is -2.17. The van der Waals surface area contributed by atoms with Crippen LogP contribution in [0, 0.1) is 0 Å². The zero-order chi connectivity index (χ0) is 18.4. The highest BCUT2D eigenvalue weighted by Gasteiger charge is 2.11. The van der Waals surface area contributed by atoms with E-state index < -0.39 is 0 Å². The Bertz CT molecular complexity index is 894. The lowest BCUT2D eigenvalue weighted by Crippen LogP contribution is -2.17. The van der Waals surface area contributed by atoms with E-state index in [4.69, 9.17) is 4.74 Å². The molecule has 26 heavy (non-hydrogen) atoms. The molecule has 3 aromatic rings. The van der Waals surface area contributed by atoms with Crippen LogP contribution in [0.15, 0.2) is 49.2 Å². The van der Waals surface area contributed by atoms with E-state index in [1.165, 1.54) is 0 Å². The molecular weight excluding hydrogens is 324 g/mol. The average molecular weight is 348 g/mol. The molecule has 2 heterocycles. The number of aromatic nitrogens is 3. The quantitative estimate of drug-likeness (QED) is 0.631. The van der Waals surface area contributed by atoms with Crippen LogP contribution in [0.1, 0.15) is 38.2 Å². The molecule has 0 aliphatic carbocycles. The highest BCUT2D eigenvalue weighted by atomic mass is 16.5. The summed E-state index contributed by atoms with van der Waals surface area (Å²) >= 11 is 0. The number of nitrogens with one attached hydrogen (secondary N) is 1. The fourth-order valence-electron chi connectivity index (χ4n) is 2.77. The van der Waals surface area contributed by atoms with Gasteiger partial charge in [0.05, 0.1) is 17.4 Å². The van der Waals surface area contributed by atoms with Gasteiger partial charge in [0, 0.05) is 11.4 Å². The van der Waals surface area contributed by atoms with Crippen LogP contribution in [0.2, 0.25) is 0 Å². The molecule has 2 aromatic heterocycles. The van der Waals surface area contributed by atoms with Gasteiger partial charge in [-0.3, -0.25) is 0 Å². The average Bonchev–Trinajstić information content (AvgIpc) is 2.67. The van der Waals surface area contributed by atoms with Gasteiger partial charge < -0.3 is 10.1 Å². The van der Waals surface area contributed by atoms with E-state index in [1.807, 2.05) is 30.3 Å². The van der Waals surface area contributed by atoms with Crippen LogP contribution in [-0.4, -0.2) is 21.0 Å². The molecule has 0 radical (unpaired) electrons. The third kappa shape index (κ3) is 4.36. The van der Waals surface area contributed by atoms with Gasteiger partial charge >= 0.3 is 0 Å². The van der Waals surface area contributed by atoms with E-state index >= 15 is 0 Å². The van der Waals surface area contributed by atoms with Crippen LogP contribution in [0.25, 0.3) is 17.0 Å². The Kier molecular flexibility index (Phi) is 5.79. The standard InChI is InChI=1S/C21H24N4O/c1-4-8-15(3)23-21-19(13-22-20(5-2)25-21)26-14-17-12-11-16-9-6-7-10-18(16)24-17/h5-7,9-13,15H,2,4,8,14H2,1,3H3,(H,22,23,25). The molecule has 3 rings (SSSR count). The van der Waals surface area contributed by atoms with Gasteiger partial charge in [-0.15, -0.1) is 0 Å². The van der Waals surface area contributed by atoms with Gasteiger partial charge in [0.15, 0.2) is 17.4 Å². The predicted octanol–water partition coefficient (Wildman–Crippen LogP) is 4.85. The summed E-state index contributed by atoms with van der Waals surface area (Å²) in [6.45, 7) is 8.39. The third-order valence-electron chi connectivity index (χ3n) is 4.09. The first-order valence-corrected chi connectivity index (χ1v) is 8.93. The number of benzene rings is 1. The third-order valence-corrected chi connectivity index (χ3v) is 4.09. The molecule has 1 N–H and O–H groups in total. The van der Waals surface area contributed by atoms with Crippen molar-refractivity contribution in [3.63, 3.8) is 0 Å². The molecule has 1 atom stereocenters. The first kappa shape index (κ1) is 17.9. The van der Waals surface area contributed by atoms with Crippen molar-refractivity contribution in [3.8, 4) is 5.75 Å². The second-order valence-corrected chi connectivity index (χ2v) is 6.26. The molecule has 5 nitrogen and oxygen atoms in total. The maximum Gasteiger partial charge on any atom is 0.180 e. The molecule has 0 spiro atoms. The fourth-order valence-corrected chi connectivity index (χ4v) is 2.77. The second-order valence-electron chi connectivity index (χ2n) is 6.26. The number of hydrogen-bond donors (Lipinski definition) is 1. The van der Waals surface area contributed by atoms with E-state index in [2.05, 4.69) is 46.8 Å². The molecule has 1 aromatic carbocycles. The Morgan fingerprint density at radius 3 is 2.85 bits per heavy atom. The summed E-state index contributed by atoms with van der Waals surface area (Å²) in [6.07, 6.45) is 5.47. The number of fused-ring (bicyclic) bond motifs is 1. The minimum absolute atomic E-state index is 0.300. The van der Waals surface area contributed by atoms with Gasteiger partial charge in [0.2, 0.25) is 0 Å². The number of ether oxygens (including phenoxy) is 1. The zero-order valence-electron chi connectivity index (χ0n) is 15.3. The molecule has 1 unspecified atom stereocenters. The van der Waals surface area contributed by atoms with Gasteiger partial charge in [-0.2, -0.15) is 0 Å². The summed E-state index contributed by atoms with van der Waals surface area (Å²) in [5.74, 6) is 1.89. The van der Waals surface area contributed by atoms with Crippen LogP contribution in [0.3, 0.4) is 0 Å². The fraction of sp³-hybridized carbons (Fsp3) is 0.286. The lowest BCUT2D eigenvalue weighted by atomic mass is 10.2. The van der Waals surface area contributed by atoms with Gasteiger partial charge in [-0.05, 0) is 31.6 Å². The minimum atomic E-state index is 0.300. The Balaban J connectivity index is 1.77. The largest absolute Gasteiger partial charge is 0.482 e. The van der Waals surface area contributed by atoms with Gasteiger partial charge in [-0.1, -0.05) is 44.2 Å². The van der Waals surface area contributed by atoms with Crippen molar-refractivity contribution in [2.75, 3.05) is 5.32 Å². The van der Waals surface area contributed by atoms with E-state index in [-0.39, 0.29) is 0 Å². The summed E-state index contributed by atoms with van der Waals surface area (Å²) < 4.78 is 5.97. The maximum absolute atomic E-state index is 5.97. The highest BCUT2D eigenvalue weighted by molar-refractivity contribution is 5.78. The van der Waals surface area contributed by atoms with Gasteiger partial charge in [-0.25, -0.2) is 15.0 Å². The van der Waals surface area contributed by atoms with Crippen molar-refractivity contribution in [3.05, 3.63) is 60.7 Å². The van der Waals surface area contributed by atoms with Crippen LogP contribution >= 0.6 is 0 Å². The van der Waals surface area contributed by atoms with Crippen molar-refractivity contribution in [2.24, 2.45) is 0 Å². The summed E-state index contributed by atoms with van der Waals surface area (Å²) in [4.78, 5) is 13.4. The van der Waals surface area contributed by atoms with Crippen molar-refractivity contribution < 1.29 is 4.74 Å².